The van der Waals surface area contributed by atoms with Crippen molar-refractivity contribution in [3.63, 3.8) is 0 Å². The molecule has 0 aliphatic carbocycles. The quantitative estimate of drug-likeness (QED) is 0.889. The summed E-state index contributed by atoms with van der Waals surface area (Å²) in [4.78, 5) is 11.9. The lowest BCUT2D eigenvalue weighted by Crippen LogP contribution is -2.33. The number of furan rings is 1. The van der Waals surface area contributed by atoms with Gasteiger partial charge in [-0.25, -0.2) is 13.1 Å². The molecule has 1 aromatic heterocycles. The van der Waals surface area contributed by atoms with Gasteiger partial charge in [0.1, 0.15) is 5.76 Å². The highest BCUT2D eigenvalue weighted by molar-refractivity contribution is 7.89. The van der Waals surface area contributed by atoms with Crippen molar-refractivity contribution in [3.05, 3.63) is 47.4 Å². The van der Waals surface area contributed by atoms with Gasteiger partial charge in [0.25, 0.3) is 0 Å². The van der Waals surface area contributed by atoms with E-state index in [0.717, 1.165) is 11.1 Å². The van der Waals surface area contributed by atoms with E-state index in [4.69, 9.17) is 4.42 Å². The number of carbonyl (C=O) groups excluding carboxylic acids is 1. The molecular formula is C17H20N2O4S. The van der Waals surface area contributed by atoms with Gasteiger partial charge in [-0.05, 0) is 42.3 Å². The third kappa shape index (κ3) is 3.09. The molecule has 2 aromatic rings. The Hall–Kier alpha value is -2.12. The van der Waals surface area contributed by atoms with Gasteiger partial charge in [-0.3, -0.25) is 4.79 Å². The number of hydrogen-bond acceptors (Lipinski definition) is 4. The molecule has 0 spiro atoms. The van der Waals surface area contributed by atoms with Crippen molar-refractivity contribution in [2.24, 2.45) is 0 Å². The third-order valence-corrected chi connectivity index (χ3v) is 5.70. The highest BCUT2D eigenvalue weighted by Gasteiger charge is 2.33. The molecule has 3 rings (SSSR count). The van der Waals surface area contributed by atoms with Crippen LogP contribution in [-0.4, -0.2) is 14.3 Å². The van der Waals surface area contributed by atoms with E-state index in [1.165, 1.54) is 12.3 Å². The lowest BCUT2D eigenvalue weighted by atomic mass is 9.78. The highest BCUT2D eigenvalue weighted by Crippen LogP contribution is 2.38. The van der Waals surface area contributed by atoms with E-state index >= 15 is 0 Å². The van der Waals surface area contributed by atoms with Gasteiger partial charge in [0.2, 0.25) is 15.9 Å². The maximum absolute atomic E-state index is 12.6. The number of hydrogen-bond donors (Lipinski definition) is 2. The number of fused-ring (bicyclic) bond motifs is 1. The molecule has 0 atom stereocenters. The average molecular weight is 348 g/mol. The summed E-state index contributed by atoms with van der Waals surface area (Å²) in [6.45, 7) is 5.82. The van der Waals surface area contributed by atoms with Gasteiger partial charge in [-0.2, -0.15) is 0 Å². The molecule has 2 heterocycles. The summed E-state index contributed by atoms with van der Waals surface area (Å²) in [5.41, 5.74) is 1.96. The fraction of sp³-hybridized carbons (Fsp3) is 0.353. The van der Waals surface area contributed by atoms with Crippen LogP contribution < -0.4 is 10.0 Å². The Morgan fingerprint density at radius 1 is 1.29 bits per heavy atom. The molecule has 0 fully saturated rings. The Bertz CT molecular complexity index is 897. The standard InChI is InChI=1S/C17H20N2O4S/c1-11-6-7-23-15(11)10-18-24(21,22)12-4-5-14-13(8-12)17(2,3)9-16(20)19-14/h4-8,18H,9-10H2,1-3H3,(H,19,20). The third-order valence-electron chi connectivity index (χ3n) is 4.30. The first-order valence-electron chi connectivity index (χ1n) is 7.66. The summed E-state index contributed by atoms with van der Waals surface area (Å²) < 4.78 is 32.9. The molecule has 0 saturated carbocycles. The molecule has 24 heavy (non-hydrogen) atoms. The number of rotatable bonds is 4. The number of anilines is 1. The maximum Gasteiger partial charge on any atom is 0.240 e. The Balaban J connectivity index is 1.89. The van der Waals surface area contributed by atoms with Crippen LogP contribution in [-0.2, 0) is 26.8 Å². The van der Waals surface area contributed by atoms with Gasteiger partial charge in [0.15, 0.2) is 0 Å². The van der Waals surface area contributed by atoms with Crippen LogP contribution in [0.3, 0.4) is 0 Å². The number of sulfonamides is 1. The molecule has 0 bridgehead atoms. The minimum Gasteiger partial charge on any atom is -0.468 e. The van der Waals surface area contributed by atoms with E-state index in [-0.39, 0.29) is 17.3 Å². The molecule has 2 N–H and O–H groups in total. The monoisotopic (exact) mass is 348 g/mol. The second-order valence-electron chi connectivity index (χ2n) is 6.67. The van der Waals surface area contributed by atoms with Crippen LogP contribution >= 0.6 is 0 Å². The van der Waals surface area contributed by atoms with Crippen LogP contribution in [0.2, 0.25) is 0 Å². The largest absolute Gasteiger partial charge is 0.468 e. The predicted molar refractivity (Wildman–Crippen MR) is 90.2 cm³/mol. The minimum atomic E-state index is -3.67. The smallest absolute Gasteiger partial charge is 0.240 e. The van der Waals surface area contributed by atoms with E-state index in [2.05, 4.69) is 10.0 Å². The fourth-order valence-corrected chi connectivity index (χ4v) is 3.89. The number of aryl methyl sites for hydroxylation is 1. The van der Waals surface area contributed by atoms with Crippen molar-refractivity contribution in [2.45, 2.75) is 44.0 Å². The number of amides is 1. The Morgan fingerprint density at radius 2 is 2.04 bits per heavy atom. The van der Waals surface area contributed by atoms with Crippen molar-refractivity contribution >= 4 is 21.6 Å². The summed E-state index contributed by atoms with van der Waals surface area (Å²) in [7, 11) is -3.67. The molecule has 6 nitrogen and oxygen atoms in total. The molecular weight excluding hydrogens is 328 g/mol. The summed E-state index contributed by atoms with van der Waals surface area (Å²) in [6, 6.07) is 6.55. The van der Waals surface area contributed by atoms with Gasteiger partial charge in [-0.1, -0.05) is 13.8 Å². The maximum atomic E-state index is 12.6. The summed E-state index contributed by atoms with van der Waals surface area (Å²) in [6.07, 6.45) is 1.85. The molecule has 1 aliphatic rings. The second kappa shape index (κ2) is 5.75. The molecule has 1 amide bonds. The first-order chi connectivity index (χ1) is 11.2. The zero-order valence-electron chi connectivity index (χ0n) is 13.8. The Kier molecular flexibility index (Phi) is 4.01. The number of benzene rings is 1. The number of nitrogens with one attached hydrogen (secondary N) is 2. The second-order valence-corrected chi connectivity index (χ2v) is 8.43. The lowest BCUT2D eigenvalue weighted by Gasteiger charge is -2.32. The average Bonchev–Trinajstić information content (AvgIpc) is 2.89. The van der Waals surface area contributed by atoms with Gasteiger partial charge < -0.3 is 9.73 Å². The molecule has 0 radical (unpaired) electrons. The van der Waals surface area contributed by atoms with E-state index in [1.54, 1.807) is 18.2 Å². The van der Waals surface area contributed by atoms with Crippen molar-refractivity contribution in [1.82, 2.24) is 4.72 Å². The van der Waals surface area contributed by atoms with Crippen LogP contribution in [0.5, 0.6) is 0 Å². The number of carbonyl (C=O) groups is 1. The predicted octanol–water partition coefficient (Wildman–Crippen LogP) is 2.69. The molecule has 1 aromatic carbocycles. The molecule has 1 aliphatic heterocycles. The van der Waals surface area contributed by atoms with Crippen LogP contribution in [0.25, 0.3) is 0 Å². The summed E-state index contributed by atoms with van der Waals surface area (Å²) >= 11 is 0. The van der Waals surface area contributed by atoms with E-state index in [0.29, 0.717) is 17.9 Å². The fourth-order valence-electron chi connectivity index (χ4n) is 2.88. The van der Waals surface area contributed by atoms with Gasteiger partial charge in [-0.15, -0.1) is 0 Å². The lowest BCUT2D eigenvalue weighted by molar-refractivity contribution is -0.117. The first kappa shape index (κ1) is 16.7. The molecule has 7 heteroatoms. The zero-order chi connectivity index (χ0) is 17.5. The van der Waals surface area contributed by atoms with Crippen LogP contribution in [0.4, 0.5) is 5.69 Å². The van der Waals surface area contributed by atoms with Crippen LogP contribution in [0.15, 0.2) is 39.8 Å². The zero-order valence-corrected chi connectivity index (χ0v) is 14.7. The van der Waals surface area contributed by atoms with Gasteiger partial charge in [0, 0.05) is 17.5 Å². The van der Waals surface area contributed by atoms with Crippen LogP contribution in [0, 0.1) is 6.92 Å². The highest BCUT2D eigenvalue weighted by atomic mass is 32.2. The molecule has 0 unspecified atom stereocenters. The normalized spacial score (nSPS) is 16.5. The topological polar surface area (TPSA) is 88.4 Å². The Labute approximate surface area is 141 Å². The van der Waals surface area contributed by atoms with Crippen molar-refractivity contribution in [2.75, 3.05) is 5.32 Å². The first-order valence-corrected chi connectivity index (χ1v) is 9.14. The SMILES string of the molecule is Cc1ccoc1CNS(=O)(=O)c1ccc2c(c1)C(C)(C)CC(=O)N2. The molecule has 128 valence electrons. The van der Waals surface area contributed by atoms with Crippen molar-refractivity contribution in [1.29, 1.82) is 0 Å². The van der Waals surface area contributed by atoms with Crippen LogP contribution in [0.1, 0.15) is 37.2 Å². The Morgan fingerprint density at radius 3 is 2.71 bits per heavy atom. The van der Waals surface area contributed by atoms with Gasteiger partial charge in [0.05, 0.1) is 17.7 Å². The van der Waals surface area contributed by atoms with Gasteiger partial charge >= 0.3 is 0 Å². The van der Waals surface area contributed by atoms with E-state index < -0.39 is 15.4 Å². The van der Waals surface area contributed by atoms with Crippen molar-refractivity contribution < 1.29 is 17.6 Å². The van der Waals surface area contributed by atoms with E-state index in [9.17, 15) is 13.2 Å². The summed E-state index contributed by atoms with van der Waals surface area (Å²) in [5.74, 6) is 0.527. The minimum absolute atomic E-state index is 0.0606. The van der Waals surface area contributed by atoms with E-state index in [1.807, 2.05) is 20.8 Å². The molecule has 0 saturated heterocycles. The summed E-state index contributed by atoms with van der Waals surface area (Å²) in [5, 5.41) is 2.79. The van der Waals surface area contributed by atoms with Crippen molar-refractivity contribution in [3.8, 4) is 0 Å².